The minimum Gasteiger partial charge on any atom is -0.497 e. The Bertz CT molecular complexity index is 651. The van der Waals surface area contributed by atoms with Crippen LogP contribution in [0.25, 0.3) is 0 Å². The largest absolute Gasteiger partial charge is 0.497 e. The predicted octanol–water partition coefficient (Wildman–Crippen LogP) is 2.17. The molecule has 0 aliphatic rings. The highest BCUT2D eigenvalue weighted by Gasteiger charge is 2.21. The van der Waals surface area contributed by atoms with Gasteiger partial charge in [-0.05, 0) is 24.6 Å². The zero-order valence-corrected chi connectivity index (χ0v) is 16.8. The summed E-state index contributed by atoms with van der Waals surface area (Å²) in [5, 5.41) is 6.54. The predicted molar refractivity (Wildman–Crippen MR) is 108 cm³/mol. The maximum atomic E-state index is 11.8. The van der Waals surface area contributed by atoms with E-state index in [2.05, 4.69) is 42.1 Å². The van der Waals surface area contributed by atoms with E-state index in [4.69, 9.17) is 4.74 Å². The molecule has 1 rings (SSSR count). The average Bonchev–Trinajstić information content (AvgIpc) is 2.60. The molecule has 1 aromatic carbocycles. The molecular weight excluding hydrogens is 328 g/mol. The van der Waals surface area contributed by atoms with Gasteiger partial charge < -0.3 is 20.3 Å². The van der Waals surface area contributed by atoms with Crippen LogP contribution in [-0.4, -0.2) is 57.6 Å². The number of guanidine groups is 1. The van der Waals surface area contributed by atoms with E-state index in [1.54, 1.807) is 21.2 Å². The van der Waals surface area contributed by atoms with Crippen LogP contribution in [0.3, 0.4) is 0 Å². The van der Waals surface area contributed by atoms with Crippen LogP contribution in [0.1, 0.15) is 26.3 Å². The van der Waals surface area contributed by atoms with E-state index in [-0.39, 0.29) is 17.9 Å². The molecule has 0 unspecified atom stereocenters. The van der Waals surface area contributed by atoms with Gasteiger partial charge in [0, 0.05) is 32.6 Å². The number of rotatable bonds is 8. The number of likely N-dealkylation sites (N-methyl/N-ethyl adjacent to an activating group) is 1. The third-order valence-electron chi connectivity index (χ3n) is 3.98. The second-order valence-electron chi connectivity index (χ2n) is 7.23. The van der Waals surface area contributed by atoms with Gasteiger partial charge >= 0.3 is 0 Å². The first-order chi connectivity index (χ1) is 12.2. The highest BCUT2D eigenvalue weighted by Crippen LogP contribution is 2.25. The maximum Gasteiger partial charge on any atom is 0.243 e. The summed E-state index contributed by atoms with van der Waals surface area (Å²) in [4.78, 5) is 17.7. The van der Waals surface area contributed by atoms with Gasteiger partial charge in [-0.15, -0.1) is 0 Å². The van der Waals surface area contributed by atoms with Crippen molar-refractivity contribution in [3.8, 4) is 5.75 Å². The average molecular weight is 361 g/mol. The fourth-order valence-electron chi connectivity index (χ4n) is 2.15. The molecule has 1 aromatic rings. The monoisotopic (exact) mass is 360 g/mol. The molecule has 0 fully saturated rings. The Kier molecular flexibility index (Phi) is 8.16. The number of hydrogen-bond acceptors (Lipinski definition) is 3. The molecule has 1 amide bonds. The number of ether oxygens (including phenoxy) is 1. The molecule has 0 spiro atoms. The molecule has 0 atom stereocenters. The number of amides is 1. The Balaban J connectivity index is 2.83. The highest BCUT2D eigenvalue weighted by molar-refractivity contribution is 5.85. The summed E-state index contributed by atoms with van der Waals surface area (Å²) in [6.45, 7) is 11.5. The first-order valence-electron chi connectivity index (χ1n) is 8.67. The molecule has 0 saturated heterocycles. The lowest BCUT2D eigenvalue weighted by atomic mass is 9.84. The second kappa shape index (κ2) is 9.85. The zero-order valence-electron chi connectivity index (χ0n) is 16.8. The summed E-state index contributed by atoms with van der Waals surface area (Å²) in [5.41, 5.74) is 2.00. The van der Waals surface area contributed by atoms with Crippen LogP contribution in [0.4, 0.5) is 0 Å². The maximum absolute atomic E-state index is 11.8. The smallest absolute Gasteiger partial charge is 0.243 e. The number of benzene rings is 1. The van der Waals surface area contributed by atoms with Gasteiger partial charge in [0.05, 0.1) is 7.11 Å². The van der Waals surface area contributed by atoms with Crippen molar-refractivity contribution in [1.29, 1.82) is 0 Å². The van der Waals surface area contributed by atoms with Gasteiger partial charge in [0.2, 0.25) is 5.91 Å². The zero-order chi connectivity index (χ0) is 19.7. The molecular formula is C20H32N4O2. The van der Waals surface area contributed by atoms with Crippen molar-refractivity contribution in [3.63, 3.8) is 0 Å². The lowest BCUT2D eigenvalue weighted by Gasteiger charge is -2.27. The lowest BCUT2D eigenvalue weighted by Crippen LogP contribution is -2.44. The summed E-state index contributed by atoms with van der Waals surface area (Å²) in [7, 11) is 5.11. The number of methoxy groups -OCH3 is 1. The van der Waals surface area contributed by atoms with E-state index in [0.29, 0.717) is 19.0 Å². The van der Waals surface area contributed by atoms with Crippen LogP contribution in [0.2, 0.25) is 0 Å². The first-order valence-corrected chi connectivity index (χ1v) is 8.67. The minimum atomic E-state index is -0.147. The van der Waals surface area contributed by atoms with Gasteiger partial charge in [-0.2, -0.15) is 0 Å². The number of aliphatic imine (C=N–C) groups is 1. The summed E-state index contributed by atoms with van der Waals surface area (Å²) in [6, 6.07) is 8.04. The number of nitrogens with zero attached hydrogens (tertiary/aromatic N) is 2. The SMILES string of the molecule is C=C(C)CNC(=NCC(=O)N(C)C)NCC(C)(C)c1cccc(OC)c1. The van der Waals surface area contributed by atoms with Gasteiger partial charge in [0.1, 0.15) is 12.3 Å². The van der Waals surface area contributed by atoms with E-state index in [0.717, 1.165) is 16.9 Å². The third kappa shape index (κ3) is 7.17. The van der Waals surface area contributed by atoms with Gasteiger partial charge in [-0.1, -0.05) is 38.1 Å². The fraction of sp³-hybridized carbons (Fsp3) is 0.500. The number of hydrogen-bond donors (Lipinski definition) is 2. The summed E-state index contributed by atoms with van der Waals surface area (Å²) in [5.74, 6) is 1.38. The molecule has 6 heteroatoms. The second-order valence-corrected chi connectivity index (χ2v) is 7.23. The molecule has 0 aliphatic heterocycles. The van der Waals surface area contributed by atoms with E-state index >= 15 is 0 Å². The van der Waals surface area contributed by atoms with E-state index in [9.17, 15) is 4.79 Å². The minimum absolute atomic E-state index is 0.0477. The van der Waals surface area contributed by atoms with Crippen LogP contribution < -0.4 is 15.4 Å². The Morgan fingerprint density at radius 1 is 1.31 bits per heavy atom. The van der Waals surface area contributed by atoms with E-state index < -0.39 is 0 Å². The van der Waals surface area contributed by atoms with E-state index in [1.165, 1.54) is 4.90 Å². The Labute approximate surface area is 157 Å². The molecule has 0 radical (unpaired) electrons. The number of carbonyl (C=O) groups excluding carboxylic acids is 1. The van der Waals surface area contributed by atoms with Crippen LogP contribution in [0, 0.1) is 0 Å². The van der Waals surface area contributed by atoms with Crippen LogP contribution in [0.15, 0.2) is 41.4 Å². The number of carbonyl (C=O) groups is 1. The quantitative estimate of drug-likeness (QED) is 0.424. The van der Waals surface area contributed by atoms with Crippen molar-refractivity contribution < 1.29 is 9.53 Å². The molecule has 144 valence electrons. The Morgan fingerprint density at radius 2 is 2.00 bits per heavy atom. The summed E-state index contributed by atoms with van der Waals surface area (Å²) >= 11 is 0. The topological polar surface area (TPSA) is 66.0 Å². The van der Waals surface area contributed by atoms with Crippen LogP contribution >= 0.6 is 0 Å². The van der Waals surface area contributed by atoms with Crippen LogP contribution in [0.5, 0.6) is 5.75 Å². The molecule has 2 N–H and O–H groups in total. The number of nitrogens with one attached hydrogen (secondary N) is 2. The van der Waals surface area contributed by atoms with Crippen molar-refractivity contribution in [2.24, 2.45) is 4.99 Å². The van der Waals surface area contributed by atoms with Crippen molar-refractivity contribution in [1.82, 2.24) is 15.5 Å². The summed E-state index contributed by atoms with van der Waals surface area (Å²) < 4.78 is 5.32. The molecule has 0 saturated carbocycles. The van der Waals surface area contributed by atoms with Gasteiger partial charge in [0.15, 0.2) is 5.96 Å². The van der Waals surface area contributed by atoms with Gasteiger partial charge in [0.25, 0.3) is 0 Å². The highest BCUT2D eigenvalue weighted by atomic mass is 16.5. The Hall–Kier alpha value is -2.50. The van der Waals surface area contributed by atoms with Crippen molar-refractivity contribution in [2.75, 3.05) is 40.8 Å². The van der Waals surface area contributed by atoms with E-state index in [1.807, 2.05) is 25.1 Å². The molecule has 0 aliphatic carbocycles. The fourth-order valence-corrected chi connectivity index (χ4v) is 2.15. The van der Waals surface area contributed by atoms with Gasteiger partial charge in [-0.3, -0.25) is 4.79 Å². The third-order valence-corrected chi connectivity index (χ3v) is 3.98. The first kappa shape index (κ1) is 21.5. The molecule has 0 aromatic heterocycles. The summed E-state index contributed by atoms with van der Waals surface area (Å²) in [6.07, 6.45) is 0. The molecule has 0 heterocycles. The molecule has 6 nitrogen and oxygen atoms in total. The lowest BCUT2D eigenvalue weighted by molar-refractivity contribution is -0.127. The molecule has 0 bridgehead atoms. The van der Waals surface area contributed by atoms with Crippen molar-refractivity contribution >= 4 is 11.9 Å². The molecule has 26 heavy (non-hydrogen) atoms. The standard InChI is InChI=1S/C20H32N4O2/c1-15(2)12-21-19(22-13-18(25)24(5)6)23-14-20(3,4)16-9-8-10-17(11-16)26-7/h8-11H,1,12-14H2,2-7H3,(H2,21,22,23). The van der Waals surface area contributed by atoms with Crippen molar-refractivity contribution in [2.45, 2.75) is 26.2 Å². The Morgan fingerprint density at radius 3 is 2.58 bits per heavy atom. The normalized spacial score (nSPS) is 11.7. The van der Waals surface area contributed by atoms with Crippen LogP contribution in [-0.2, 0) is 10.2 Å². The van der Waals surface area contributed by atoms with Crippen molar-refractivity contribution in [3.05, 3.63) is 42.0 Å². The van der Waals surface area contributed by atoms with Gasteiger partial charge in [-0.25, -0.2) is 4.99 Å².